The van der Waals surface area contributed by atoms with Crippen LogP contribution in [0.4, 0.5) is 5.69 Å². The Labute approximate surface area is 166 Å². The average Bonchev–Trinajstić information content (AvgIpc) is 2.72. The molecule has 2 aliphatic heterocycles. The zero-order valence-corrected chi connectivity index (χ0v) is 16.5. The number of anilines is 1. The Morgan fingerprint density at radius 3 is 2.57 bits per heavy atom. The van der Waals surface area contributed by atoms with Gasteiger partial charge < -0.3 is 10.2 Å². The lowest BCUT2D eigenvalue weighted by Gasteiger charge is -2.32. The molecule has 2 aromatic carbocycles. The monoisotopic (exact) mass is 376 g/mol. The highest BCUT2D eigenvalue weighted by atomic mass is 16.1. The lowest BCUT2D eigenvalue weighted by atomic mass is 9.89. The number of carbonyl (C=O) groups excluding carboxylic acids is 2. The number of nitrogens with one attached hydrogen (secondary N) is 1. The van der Waals surface area contributed by atoms with E-state index < -0.39 is 0 Å². The van der Waals surface area contributed by atoms with Gasteiger partial charge in [-0.1, -0.05) is 42.0 Å². The zero-order valence-electron chi connectivity index (χ0n) is 16.5. The van der Waals surface area contributed by atoms with Crippen LogP contribution in [0.2, 0.25) is 0 Å². The number of ketones is 1. The number of rotatable bonds is 5. The fourth-order valence-corrected chi connectivity index (χ4v) is 4.28. The maximum Gasteiger partial charge on any atom is 0.224 e. The van der Waals surface area contributed by atoms with Crippen LogP contribution in [0.1, 0.15) is 58.6 Å². The number of nitrogens with zero attached hydrogens (tertiary/aromatic N) is 1. The van der Waals surface area contributed by atoms with Gasteiger partial charge in [-0.15, -0.1) is 0 Å². The van der Waals surface area contributed by atoms with Crippen molar-refractivity contribution in [3.8, 4) is 0 Å². The van der Waals surface area contributed by atoms with Crippen LogP contribution in [0.3, 0.4) is 0 Å². The topological polar surface area (TPSA) is 49.4 Å². The second-order valence-electron chi connectivity index (χ2n) is 8.12. The quantitative estimate of drug-likeness (QED) is 0.790. The molecule has 1 saturated heterocycles. The second kappa shape index (κ2) is 8.27. The van der Waals surface area contributed by atoms with Crippen molar-refractivity contribution >= 4 is 17.4 Å². The average molecular weight is 377 g/mol. The normalized spacial score (nSPS) is 17.8. The Balaban J connectivity index is 1.28. The van der Waals surface area contributed by atoms with Crippen LogP contribution in [0.15, 0.2) is 42.5 Å². The Bertz CT molecular complexity index is 865. The van der Waals surface area contributed by atoms with Crippen molar-refractivity contribution in [3.05, 3.63) is 64.7 Å². The molecule has 2 aliphatic rings. The summed E-state index contributed by atoms with van der Waals surface area (Å²) >= 11 is 0. The largest absolute Gasteiger partial charge is 0.326 e. The maximum atomic E-state index is 12.6. The van der Waals surface area contributed by atoms with E-state index in [9.17, 15) is 9.59 Å². The number of piperidine rings is 1. The molecular formula is C24H28N2O2. The van der Waals surface area contributed by atoms with E-state index in [1.54, 1.807) is 0 Å². The van der Waals surface area contributed by atoms with Crippen molar-refractivity contribution in [1.29, 1.82) is 0 Å². The molecular weight excluding hydrogens is 348 g/mol. The molecule has 0 atom stereocenters. The summed E-state index contributed by atoms with van der Waals surface area (Å²) in [6.45, 7) is 5.03. The molecule has 0 saturated carbocycles. The molecule has 4 nitrogen and oxygen atoms in total. The van der Waals surface area contributed by atoms with E-state index in [-0.39, 0.29) is 11.7 Å². The fraction of sp³-hybridized carbons (Fsp3) is 0.417. The molecule has 0 unspecified atom stereocenters. The first-order chi connectivity index (χ1) is 13.6. The van der Waals surface area contributed by atoms with E-state index in [0.29, 0.717) is 24.3 Å². The summed E-state index contributed by atoms with van der Waals surface area (Å²) in [5.41, 5.74) is 5.38. The summed E-state index contributed by atoms with van der Waals surface area (Å²) in [6, 6.07) is 14.6. The smallest absolute Gasteiger partial charge is 0.224 e. The van der Waals surface area contributed by atoms with Crippen LogP contribution in [-0.4, -0.2) is 36.2 Å². The molecule has 0 aromatic heterocycles. The van der Waals surface area contributed by atoms with Crippen molar-refractivity contribution < 1.29 is 9.59 Å². The Hall–Kier alpha value is -2.46. The highest BCUT2D eigenvalue weighted by molar-refractivity contribution is 6.00. The van der Waals surface area contributed by atoms with Crippen LogP contribution < -0.4 is 5.32 Å². The van der Waals surface area contributed by atoms with E-state index >= 15 is 0 Å². The van der Waals surface area contributed by atoms with Gasteiger partial charge in [0.1, 0.15) is 0 Å². The van der Waals surface area contributed by atoms with Gasteiger partial charge >= 0.3 is 0 Å². The third-order valence-electron chi connectivity index (χ3n) is 6.12. The molecule has 2 aromatic rings. The van der Waals surface area contributed by atoms with E-state index in [1.807, 2.05) is 18.2 Å². The molecule has 0 spiro atoms. The Morgan fingerprint density at radius 2 is 1.82 bits per heavy atom. The third-order valence-corrected chi connectivity index (χ3v) is 6.12. The highest BCUT2D eigenvalue weighted by Gasteiger charge is 2.22. The van der Waals surface area contributed by atoms with Gasteiger partial charge in [0.2, 0.25) is 5.91 Å². The van der Waals surface area contributed by atoms with Gasteiger partial charge in [0.15, 0.2) is 5.78 Å². The van der Waals surface area contributed by atoms with Gasteiger partial charge in [0.05, 0.1) is 0 Å². The number of likely N-dealkylation sites (tertiary alicyclic amines) is 1. The summed E-state index contributed by atoms with van der Waals surface area (Å²) < 4.78 is 0. The number of aryl methyl sites for hydroxylation is 2. The standard InChI is InChI=1S/C24H28N2O2/c1-17-2-4-18(5-3-17)19-10-13-26(14-11-19)15-12-23(27)21-7-6-20-8-9-24(28)25-22(20)16-21/h2-7,16,19H,8-15H2,1H3,(H,25,28). The zero-order chi connectivity index (χ0) is 19.5. The molecule has 0 bridgehead atoms. The van der Waals surface area contributed by atoms with E-state index in [0.717, 1.165) is 50.1 Å². The van der Waals surface area contributed by atoms with E-state index in [1.165, 1.54) is 11.1 Å². The number of fused-ring (bicyclic) bond motifs is 1. The van der Waals surface area contributed by atoms with Crippen molar-refractivity contribution in [2.24, 2.45) is 0 Å². The number of hydrogen-bond acceptors (Lipinski definition) is 3. The summed E-state index contributed by atoms with van der Waals surface area (Å²) in [6.07, 6.45) is 4.12. The van der Waals surface area contributed by atoms with E-state index in [4.69, 9.17) is 0 Å². The minimum absolute atomic E-state index is 0.0357. The fourth-order valence-electron chi connectivity index (χ4n) is 4.28. The maximum absolute atomic E-state index is 12.6. The molecule has 1 amide bonds. The molecule has 2 heterocycles. The third kappa shape index (κ3) is 4.33. The molecule has 1 fully saturated rings. The summed E-state index contributed by atoms with van der Waals surface area (Å²) in [5, 5.41) is 2.88. The number of hydrogen-bond donors (Lipinski definition) is 1. The van der Waals surface area contributed by atoms with Gasteiger partial charge in [0.25, 0.3) is 0 Å². The lowest BCUT2D eigenvalue weighted by molar-refractivity contribution is -0.116. The summed E-state index contributed by atoms with van der Waals surface area (Å²) in [5.74, 6) is 0.827. The minimum atomic E-state index is 0.0357. The second-order valence-corrected chi connectivity index (χ2v) is 8.12. The Kier molecular flexibility index (Phi) is 5.58. The first kappa shape index (κ1) is 18.9. The van der Waals surface area contributed by atoms with Gasteiger partial charge in [-0.25, -0.2) is 0 Å². The van der Waals surface area contributed by atoms with Gasteiger partial charge in [-0.3, -0.25) is 9.59 Å². The van der Waals surface area contributed by atoms with Gasteiger partial charge in [-0.2, -0.15) is 0 Å². The highest BCUT2D eigenvalue weighted by Crippen LogP contribution is 2.28. The minimum Gasteiger partial charge on any atom is -0.326 e. The first-order valence-electron chi connectivity index (χ1n) is 10.3. The molecule has 146 valence electrons. The number of Topliss-reactive ketones (excluding diaryl/α,β-unsaturated/α-hetero) is 1. The first-order valence-corrected chi connectivity index (χ1v) is 10.3. The van der Waals surface area contributed by atoms with Gasteiger partial charge in [-0.05, 0) is 62.4 Å². The number of amides is 1. The van der Waals surface area contributed by atoms with Crippen molar-refractivity contribution in [3.63, 3.8) is 0 Å². The predicted molar refractivity (Wildman–Crippen MR) is 112 cm³/mol. The van der Waals surface area contributed by atoms with Crippen molar-refractivity contribution in [2.45, 2.75) is 44.9 Å². The van der Waals surface area contributed by atoms with Crippen LogP contribution >= 0.6 is 0 Å². The number of carbonyl (C=O) groups is 2. The predicted octanol–water partition coefficient (Wildman–Crippen LogP) is 4.33. The van der Waals surface area contributed by atoms with Gasteiger partial charge in [0, 0.05) is 30.6 Å². The number of benzene rings is 2. The molecule has 0 radical (unpaired) electrons. The van der Waals surface area contributed by atoms with E-state index in [2.05, 4.69) is 41.4 Å². The van der Waals surface area contributed by atoms with Crippen LogP contribution in [-0.2, 0) is 11.2 Å². The Morgan fingerprint density at radius 1 is 1.07 bits per heavy atom. The van der Waals surface area contributed by atoms with Crippen LogP contribution in [0, 0.1) is 6.92 Å². The SMILES string of the molecule is Cc1ccc(C2CCN(CCC(=O)c3ccc4c(c3)NC(=O)CC4)CC2)cc1. The van der Waals surface area contributed by atoms with Crippen LogP contribution in [0.5, 0.6) is 0 Å². The molecule has 4 heteroatoms. The molecule has 4 rings (SSSR count). The molecule has 28 heavy (non-hydrogen) atoms. The van der Waals surface area contributed by atoms with Crippen molar-refractivity contribution in [2.75, 3.05) is 25.0 Å². The molecule has 0 aliphatic carbocycles. The van der Waals surface area contributed by atoms with Crippen LogP contribution in [0.25, 0.3) is 0 Å². The molecule has 1 N–H and O–H groups in total. The van der Waals surface area contributed by atoms with Crippen molar-refractivity contribution in [1.82, 2.24) is 4.90 Å². The summed E-state index contributed by atoms with van der Waals surface area (Å²) in [4.78, 5) is 26.6. The lowest BCUT2D eigenvalue weighted by Crippen LogP contribution is -2.34. The summed E-state index contributed by atoms with van der Waals surface area (Å²) in [7, 11) is 0.